The number of hydrogen-bond donors (Lipinski definition) is 1. The first kappa shape index (κ1) is 19.9. The van der Waals surface area contributed by atoms with E-state index in [2.05, 4.69) is 25.7 Å². The van der Waals surface area contributed by atoms with E-state index >= 15 is 0 Å². The van der Waals surface area contributed by atoms with Gasteiger partial charge in [0.25, 0.3) is 0 Å². The molecule has 26 heavy (non-hydrogen) atoms. The molecule has 0 aromatic carbocycles. The first-order valence-electron chi connectivity index (χ1n) is 10.2. The maximum atomic E-state index is 11.7. The third kappa shape index (κ3) is 3.87. The summed E-state index contributed by atoms with van der Waals surface area (Å²) in [5.41, 5.74) is 0.483. The van der Waals surface area contributed by atoms with Crippen molar-refractivity contribution in [2.24, 2.45) is 16.7 Å². The fourth-order valence-electron chi connectivity index (χ4n) is 5.56. The van der Waals surface area contributed by atoms with E-state index in [1.807, 2.05) is 6.92 Å². The fourth-order valence-corrected chi connectivity index (χ4v) is 5.56. The second kappa shape index (κ2) is 7.64. The molecule has 3 fully saturated rings. The Morgan fingerprint density at radius 2 is 1.92 bits per heavy atom. The first-order chi connectivity index (χ1) is 12.3. The minimum atomic E-state index is -0.484. The van der Waals surface area contributed by atoms with Crippen LogP contribution >= 0.6 is 0 Å². The molecule has 1 aliphatic heterocycles. The highest BCUT2D eigenvalue weighted by atomic mass is 16.6. The maximum absolute atomic E-state index is 11.7. The summed E-state index contributed by atoms with van der Waals surface area (Å²) < 4.78 is 11.3. The van der Waals surface area contributed by atoms with Gasteiger partial charge < -0.3 is 19.5 Å². The van der Waals surface area contributed by atoms with Crippen LogP contribution in [-0.4, -0.2) is 79.1 Å². The average molecular weight is 369 g/mol. The first-order valence-corrected chi connectivity index (χ1v) is 10.2. The van der Waals surface area contributed by atoms with Crippen LogP contribution in [0.25, 0.3) is 0 Å². The molecule has 2 saturated carbocycles. The standard InChI is InChI=1S/C20H36N2O4/c1-5-25-18(24)22-10-8-21(9-11-22)13-16(23)14-26-17-19(2,3)15-6-7-20(17,4)12-15/h15-17,23H,5-14H2,1-4H3/t15-,16-,17+,20-/m0/s1. The van der Waals surface area contributed by atoms with Crippen molar-refractivity contribution < 1.29 is 19.4 Å². The molecule has 0 aromatic rings. The van der Waals surface area contributed by atoms with E-state index in [1.165, 1.54) is 19.3 Å². The lowest BCUT2D eigenvalue weighted by atomic mass is 9.70. The third-order valence-corrected chi connectivity index (χ3v) is 6.96. The van der Waals surface area contributed by atoms with Crippen LogP contribution in [0.2, 0.25) is 0 Å². The molecule has 4 atom stereocenters. The zero-order chi connectivity index (χ0) is 18.9. The van der Waals surface area contributed by atoms with Crippen molar-refractivity contribution >= 4 is 6.09 Å². The van der Waals surface area contributed by atoms with Crippen molar-refractivity contribution in [2.45, 2.75) is 59.2 Å². The van der Waals surface area contributed by atoms with E-state index in [0.29, 0.717) is 32.8 Å². The number of rotatable bonds is 6. The van der Waals surface area contributed by atoms with Gasteiger partial charge in [0.05, 0.1) is 25.4 Å². The summed E-state index contributed by atoms with van der Waals surface area (Å²) in [5.74, 6) is 0.755. The summed E-state index contributed by atoms with van der Waals surface area (Å²) in [6.45, 7) is 13.1. The van der Waals surface area contributed by atoms with Crippen molar-refractivity contribution in [3.63, 3.8) is 0 Å². The summed E-state index contributed by atoms with van der Waals surface area (Å²) in [5, 5.41) is 10.5. The van der Waals surface area contributed by atoms with Gasteiger partial charge >= 0.3 is 6.09 Å². The number of amides is 1. The van der Waals surface area contributed by atoms with Gasteiger partial charge in [0.15, 0.2) is 0 Å². The van der Waals surface area contributed by atoms with Crippen molar-refractivity contribution in [3.8, 4) is 0 Å². The quantitative estimate of drug-likeness (QED) is 0.780. The van der Waals surface area contributed by atoms with Crippen molar-refractivity contribution in [1.82, 2.24) is 9.80 Å². The molecule has 1 amide bonds. The molecule has 1 saturated heterocycles. The summed E-state index contributed by atoms with van der Waals surface area (Å²) in [7, 11) is 0. The van der Waals surface area contributed by atoms with E-state index in [1.54, 1.807) is 4.90 Å². The van der Waals surface area contributed by atoms with Gasteiger partial charge in [-0.1, -0.05) is 20.8 Å². The van der Waals surface area contributed by atoms with E-state index in [9.17, 15) is 9.90 Å². The molecule has 0 radical (unpaired) electrons. The Kier molecular flexibility index (Phi) is 5.85. The largest absolute Gasteiger partial charge is 0.450 e. The van der Waals surface area contributed by atoms with E-state index in [0.717, 1.165) is 19.0 Å². The van der Waals surface area contributed by atoms with Gasteiger partial charge in [-0.15, -0.1) is 0 Å². The molecule has 0 spiro atoms. The number of hydrogen-bond acceptors (Lipinski definition) is 5. The smallest absolute Gasteiger partial charge is 0.409 e. The number of piperazine rings is 1. The highest BCUT2D eigenvalue weighted by Gasteiger charge is 2.60. The molecule has 2 aliphatic carbocycles. The number of ether oxygens (including phenoxy) is 2. The number of fused-ring (bicyclic) bond motifs is 2. The molecular weight excluding hydrogens is 332 g/mol. The molecule has 0 unspecified atom stereocenters. The molecule has 0 aromatic heterocycles. The number of β-amino-alcohol motifs (C(OH)–C–C–N with tert-alkyl or cyclic N) is 1. The fraction of sp³-hybridized carbons (Fsp3) is 0.950. The van der Waals surface area contributed by atoms with Gasteiger partial charge in [0, 0.05) is 32.7 Å². The topological polar surface area (TPSA) is 62.2 Å². The number of carbonyl (C=O) groups is 1. The van der Waals surface area contributed by atoms with Crippen LogP contribution in [-0.2, 0) is 9.47 Å². The molecule has 3 aliphatic rings. The Balaban J connectivity index is 1.41. The Morgan fingerprint density at radius 3 is 2.50 bits per heavy atom. The normalized spacial score (nSPS) is 34.9. The second-order valence-corrected chi connectivity index (χ2v) is 9.27. The Bertz CT molecular complexity index is 499. The Hall–Kier alpha value is -0.850. The SMILES string of the molecule is CCOC(=O)N1CCN(C[C@H](O)CO[C@@H]2C(C)(C)[C@H]3CC[C@@]2(C)C3)CC1. The third-order valence-electron chi connectivity index (χ3n) is 6.96. The van der Waals surface area contributed by atoms with Gasteiger partial charge in [0.2, 0.25) is 0 Å². The number of carbonyl (C=O) groups excluding carboxylic acids is 1. The Morgan fingerprint density at radius 1 is 1.23 bits per heavy atom. The van der Waals surface area contributed by atoms with Gasteiger partial charge in [-0.05, 0) is 42.9 Å². The predicted molar refractivity (Wildman–Crippen MR) is 100 cm³/mol. The zero-order valence-corrected chi connectivity index (χ0v) is 16.9. The van der Waals surface area contributed by atoms with Crippen LogP contribution in [0.4, 0.5) is 4.79 Å². The van der Waals surface area contributed by atoms with Crippen LogP contribution in [0, 0.1) is 16.7 Å². The molecule has 6 nitrogen and oxygen atoms in total. The lowest BCUT2D eigenvalue weighted by Gasteiger charge is -2.43. The molecule has 2 bridgehead atoms. The minimum Gasteiger partial charge on any atom is -0.450 e. The van der Waals surface area contributed by atoms with Gasteiger partial charge in [0.1, 0.15) is 0 Å². The highest BCUT2D eigenvalue weighted by Crippen LogP contribution is 2.63. The van der Waals surface area contributed by atoms with Crippen LogP contribution in [0.15, 0.2) is 0 Å². The molecular formula is C20H36N2O4. The lowest BCUT2D eigenvalue weighted by molar-refractivity contribution is -0.114. The summed E-state index contributed by atoms with van der Waals surface area (Å²) in [6.07, 6.45) is 3.35. The van der Waals surface area contributed by atoms with Crippen LogP contribution in [0.5, 0.6) is 0 Å². The minimum absolute atomic E-state index is 0.206. The van der Waals surface area contributed by atoms with E-state index in [4.69, 9.17) is 9.47 Å². The predicted octanol–water partition coefficient (Wildman–Crippen LogP) is 2.35. The summed E-state index contributed by atoms with van der Waals surface area (Å²) in [4.78, 5) is 15.7. The molecule has 3 rings (SSSR count). The van der Waals surface area contributed by atoms with Crippen LogP contribution in [0.3, 0.4) is 0 Å². The van der Waals surface area contributed by atoms with Crippen molar-refractivity contribution in [1.29, 1.82) is 0 Å². The van der Waals surface area contributed by atoms with Crippen molar-refractivity contribution in [3.05, 3.63) is 0 Å². The summed E-state index contributed by atoms with van der Waals surface area (Å²) >= 11 is 0. The number of aliphatic hydroxyl groups is 1. The lowest BCUT2D eigenvalue weighted by Crippen LogP contribution is -2.51. The molecule has 150 valence electrons. The molecule has 1 heterocycles. The van der Waals surface area contributed by atoms with Crippen molar-refractivity contribution in [2.75, 3.05) is 45.9 Å². The van der Waals surface area contributed by atoms with Gasteiger partial charge in [-0.3, -0.25) is 4.90 Å². The zero-order valence-electron chi connectivity index (χ0n) is 16.9. The number of nitrogens with zero attached hydrogens (tertiary/aromatic N) is 2. The van der Waals surface area contributed by atoms with E-state index < -0.39 is 6.10 Å². The molecule has 6 heteroatoms. The maximum Gasteiger partial charge on any atom is 0.409 e. The number of aliphatic hydroxyl groups excluding tert-OH is 1. The van der Waals surface area contributed by atoms with Crippen LogP contribution < -0.4 is 0 Å². The molecule has 1 N–H and O–H groups in total. The van der Waals surface area contributed by atoms with Gasteiger partial charge in [-0.25, -0.2) is 4.79 Å². The average Bonchev–Trinajstić information content (AvgIpc) is 3.06. The Labute approximate surface area is 157 Å². The summed E-state index contributed by atoms with van der Waals surface area (Å²) in [6, 6.07) is 0. The monoisotopic (exact) mass is 368 g/mol. The van der Waals surface area contributed by atoms with Gasteiger partial charge in [-0.2, -0.15) is 0 Å². The van der Waals surface area contributed by atoms with E-state index in [-0.39, 0.29) is 23.0 Å². The highest BCUT2D eigenvalue weighted by molar-refractivity contribution is 5.67. The van der Waals surface area contributed by atoms with Crippen LogP contribution in [0.1, 0.15) is 47.0 Å². The second-order valence-electron chi connectivity index (χ2n) is 9.27.